The Morgan fingerprint density at radius 2 is 1.77 bits per heavy atom. The van der Waals surface area contributed by atoms with Crippen molar-refractivity contribution >= 4 is 17.9 Å². The summed E-state index contributed by atoms with van der Waals surface area (Å²) in [5, 5.41) is 11.8. The Bertz CT molecular complexity index is 832. The molecule has 138 valence electrons. The summed E-state index contributed by atoms with van der Waals surface area (Å²) in [5.74, 6) is 0.768. The van der Waals surface area contributed by atoms with Crippen molar-refractivity contribution in [3.05, 3.63) is 53.6 Å². The highest BCUT2D eigenvalue weighted by Gasteiger charge is 2.37. The molecule has 0 fully saturated rings. The minimum Gasteiger partial charge on any atom is -0.465 e. The van der Waals surface area contributed by atoms with Crippen molar-refractivity contribution in [3.63, 3.8) is 0 Å². The maximum Gasteiger partial charge on any atom is 0.416 e. The molecule has 2 N–H and O–H groups in total. The normalized spacial score (nSPS) is 18.9. The standard InChI is InChI=1S/C19H18F3NO2S/c1-18(2)10-26-15-8-5-12(9-14(15)16(18)23-17(24)25)11-3-6-13(7-4-11)19(20,21)22/h3-9,16,23H,10H2,1-2H3,(H,24,25). The van der Waals surface area contributed by atoms with E-state index in [4.69, 9.17) is 0 Å². The molecule has 0 spiro atoms. The van der Waals surface area contributed by atoms with Gasteiger partial charge < -0.3 is 10.4 Å². The minimum atomic E-state index is -4.37. The summed E-state index contributed by atoms with van der Waals surface area (Å²) in [5.41, 5.74) is 1.29. The topological polar surface area (TPSA) is 49.3 Å². The second-order valence-electron chi connectivity index (χ2n) is 6.99. The molecule has 3 rings (SSSR count). The Labute approximate surface area is 153 Å². The molecule has 0 radical (unpaired) electrons. The highest BCUT2D eigenvalue weighted by Crippen LogP contribution is 2.47. The van der Waals surface area contributed by atoms with E-state index in [0.29, 0.717) is 5.56 Å². The van der Waals surface area contributed by atoms with Crippen LogP contribution in [-0.4, -0.2) is 17.0 Å². The van der Waals surface area contributed by atoms with Crippen LogP contribution in [0, 0.1) is 5.41 Å². The summed E-state index contributed by atoms with van der Waals surface area (Å²) in [7, 11) is 0. The number of fused-ring (bicyclic) bond motifs is 1. The van der Waals surface area contributed by atoms with Crippen LogP contribution in [0.1, 0.15) is 31.0 Å². The Morgan fingerprint density at radius 1 is 1.15 bits per heavy atom. The predicted octanol–water partition coefficient (Wildman–Crippen LogP) is 5.81. The molecular weight excluding hydrogens is 363 g/mol. The van der Waals surface area contributed by atoms with Crippen molar-refractivity contribution in [3.8, 4) is 11.1 Å². The molecule has 1 amide bonds. The first-order valence-corrected chi connectivity index (χ1v) is 9.00. The van der Waals surface area contributed by atoms with Crippen LogP contribution >= 0.6 is 11.8 Å². The molecule has 1 atom stereocenters. The zero-order valence-electron chi connectivity index (χ0n) is 14.2. The smallest absolute Gasteiger partial charge is 0.416 e. The Morgan fingerprint density at radius 3 is 2.35 bits per heavy atom. The molecule has 0 bridgehead atoms. The van der Waals surface area contributed by atoms with E-state index in [1.54, 1.807) is 11.8 Å². The Kier molecular flexibility index (Phi) is 4.69. The van der Waals surface area contributed by atoms with Crippen LogP contribution < -0.4 is 5.32 Å². The molecule has 0 aromatic heterocycles. The molecule has 1 aliphatic heterocycles. The summed E-state index contributed by atoms with van der Waals surface area (Å²) in [6.07, 6.45) is -5.47. The van der Waals surface area contributed by atoms with Crippen molar-refractivity contribution in [2.45, 2.75) is 31.0 Å². The van der Waals surface area contributed by atoms with Gasteiger partial charge in [0.1, 0.15) is 0 Å². The average Bonchev–Trinajstić information content (AvgIpc) is 2.56. The number of carboxylic acid groups (broad SMARTS) is 1. The number of amides is 1. The molecule has 0 saturated heterocycles. The molecule has 1 aliphatic rings. The third-order valence-corrected chi connectivity index (χ3v) is 6.09. The van der Waals surface area contributed by atoms with Crippen LogP contribution in [-0.2, 0) is 6.18 Å². The van der Waals surface area contributed by atoms with Gasteiger partial charge in [-0.3, -0.25) is 0 Å². The molecule has 1 unspecified atom stereocenters. The van der Waals surface area contributed by atoms with Gasteiger partial charge in [0.15, 0.2) is 0 Å². The van der Waals surface area contributed by atoms with Crippen LogP contribution in [0.2, 0.25) is 0 Å². The van der Waals surface area contributed by atoms with Crippen molar-refractivity contribution in [2.75, 3.05) is 5.75 Å². The van der Waals surface area contributed by atoms with Crippen LogP contribution in [0.15, 0.2) is 47.4 Å². The third kappa shape index (κ3) is 3.67. The van der Waals surface area contributed by atoms with Gasteiger partial charge in [-0.1, -0.05) is 32.0 Å². The van der Waals surface area contributed by atoms with Gasteiger partial charge in [0.2, 0.25) is 0 Å². The number of hydrogen-bond acceptors (Lipinski definition) is 2. The van der Waals surface area contributed by atoms with Crippen LogP contribution in [0.3, 0.4) is 0 Å². The molecule has 0 aliphatic carbocycles. The highest BCUT2D eigenvalue weighted by atomic mass is 32.2. The molecule has 2 aromatic rings. The van der Waals surface area contributed by atoms with E-state index in [-0.39, 0.29) is 11.5 Å². The van der Waals surface area contributed by atoms with Crippen LogP contribution in [0.4, 0.5) is 18.0 Å². The molecule has 1 heterocycles. The van der Waals surface area contributed by atoms with E-state index in [1.165, 1.54) is 12.1 Å². The lowest BCUT2D eigenvalue weighted by Gasteiger charge is -2.39. The zero-order chi connectivity index (χ0) is 19.1. The SMILES string of the molecule is CC1(C)CSc2ccc(-c3ccc(C(F)(F)F)cc3)cc2C1NC(=O)O. The van der Waals surface area contributed by atoms with Crippen LogP contribution in [0.5, 0.6) is 0 Å². The summed E-state index contributed by atoms with van der Waals surface area (Å²) in [4.78, 5) is 12.2. The summed E-state index contributed by atoms with van der Waals surface area (Å²) < 4.78 is 38.2. The number of hydrogen-bond donors (Lipinski definition) is 2. The van der Waals surface area contributed by atoms with E-state index in [1.807, 2.05) is 32.0 Å². The predicted molar refractivity (Wildman–Crippen MR) is 95.3 cm³/mol. The second-order valence-corrected chi connectivity index (χ2v) is 8.00. The van der Waals surface area contributed by atoms with Gasteiger partial charge in [0, 0.05) is 10.6 Å². The fourth-order valence-electron chi connectivity index (χ4n) is 3.10. The van der Waals surface area contributed by atoms with E-state index in [9.17, 15) is 23.1 Å². The Hall–Kier alpha value is -2.15. The molecule has 3 nitrogen and oxygen atoms in total. The molecule has 26 heavy (non-hydrogen) atoms. The van der Waals surface area contributed by atoms with E-state index in [2.05, 4.69) is 5.32 Å². The van der Waals surface area contributed by atoms with Gasteiger partial charge in [-0.2, -0.15) is 13.2 Å². The Balaban J connectivity index is 2.01. The average molecular weight is 381 g/mol. The molecule has 2 aromatic carbocycles. The van der Waals surface area contributed by atoms with Crippen molar-refractivity contribution in [2.24, 2.45) is 5.41 Å². The number of halogens is 3. The molecular formula is C19H18F3NO2S. The van der Waals surface area contributed by atoms with Gasteiger partial charge in [0.05, 0.1) is 11.6 Å². The quantitative estimate of drug-likeness (QED) is 0.690. The number of nitrogens with one attached hydrogen (secondary N) is 1. The lowest BCUT2D eigenvalue weighted by Crippen LogP contribution is -2.40. The monoisotopic (exact) mass is 381 g/mol. The number of alkyl halides is 3. The first kappa shape index (κ1) is 18.6. The number of carbonyl (C=O) groups is 1. The summed E-state index contributed by atoms with van der Waals surface area (Å²) >= 11 is 1.65. The van der Waals surface area contributed by atoms with Gasteiger partial charge in [-0.05, 0) is 46.4 Å². The van der Waals surface area contributed by atoms with E-state index < -0.39 is 17.8 Å². The van der Waals surface area contributed by atoms with Crippen molar-refractivity contribution < 1.29 is 23.1 Å². The van der Waals surface area contributed by atoms with Gasteiger partial charge in [0.25, 0.3) is 0 Å². The number of thioether (sulfide) groups is 1. The summed E-state index contributed by atoms with van der Waals surface area (Å²) in [6, 6.07) is 10.2. The van der Waals surface area contributed by atoms with E-state index >= 15 is 0 Å². The summed E-state index contributed by atoms with van der Waals surface area (Å²) in [6.45, 7) is 3.99. The van der Waals surface area contributed by atoms with Gasteiger partial charge in [-0.15, -0.1) is 11.8 Å². The fraction of sp³-hybridized carbons (Fsp3) is 0.316. The molecule has 7 heteroatoms. The third-order valence-electron chi connectivity index (χ3n) is 4.52. The molecule has 0 saturated carbocycles. The van der Waals surface area contributed by atoms with Gasteiger partial charge in [-0.25, -0.2) is 4.79 Å². The largest absolute Gasteiger partial charge is 0.465 e. The lowest BCUT2D eigenvalue weighted by atomic mass is 9.81. The van der Waals surface area contributed by atoms with Gasteiger partial charge >= 0.3 is 12.3 Å². The first-order valence-electron chi connectivity index (χ1n) is 8.02. The number of rotatable bonds is 2. The van der Waals surface area contributed by atoms with Crippen molar-refractivity contribution in [1.29, 1.82) is 0 Å². The minimum absolute atomic E-state index is 0.283. The first-order chi connectivity index (χ1) is 12.1. The fourth-order valence-corrected chi connectivity index (χ4v) is 4.30. The highest BCUT2D eigenvalue weighted by molar-refractivity contribution is 7.99. The lowest BCUT2D eigenvalue weighted by molar-refractivity contribution is -0.137. The van der Waals surface area contributed by atoms with Crippen molar-refractivity contribution in [1.82, 2.24) is 5.32 Å². The van der Waals surface area contributed by atoms with E-state index in [0.717, 1.165) is 33.9 Å². The van der Waals surface area contributed by atoms with Crippen LogP contribution in [0.25, 0.3) is 11.1 Å². The second kappa shape index (κ2) is 6.54. The maximum absolute atomic E-state index is 12.7. The number of benzene rings is 2. The maximum atomic E-state index is 12.7. The zero-order valence-corrected chi connectivity index (χ0v) is 15.0.